The van der Waals surface area contributed by atoms with E-state index >= 15 is 0 Å². The summed E-state index contributed by atoms with van der Waals surface area (Å²) in [6, 6.07) is 0.590. The quantitative estimate of drug-likeness (QED) is 0.648. The summed E-state index contributed by atoms with van der Waals surface area (Å²) in [6.07, 6.45) is 3.99. The molecule has 0 amide bonds. The van der Waals surface area contributed by atoms with E-state index in [9.17, 15) is 0 Å². The number of hydrogen-bond donors (Lipinski definition) is 1. The van der Waals surface area contributed by atoms with Gasteiger partial charge in [-0.3, -0.25) is 0 Å². The molecule has 0 aromatic rings. The van der Waals surface area contributed by atoms with Gasteiger partial charge in [0.05, 0.1) is 6.61 Å². The highest BCUT2D eigenvalue weighted by atomic mass is 16.5. The molecule has 1 rings (SSSR count). The molecule has 0 aliphatic heterocycles. The van der Waals surface area contributed by atoms with Gasteiger partial charge in [-0.2, -0.15) is 0 Å². The van der Waals surface area contributed by atoms with Crippen molar-refractivity contribution in [2.45, 2.75) is 46.1 Å². The number of hydrogen-bond acceptors (Lipinski definition) is 2. The SMILES string of the molecule is CCC(CNC(C)C)COCC1CC1. The van der Waals surface area contributed by atoms with Crippen molar-refractivity contribution in [3.63, 3.8) is 0 Å². The summed E-state index contributed by atoms with van der Waals surface area (Å²) < 4.78 is 5.70. The predicted molar refractivity (Wildman–Crippen MR) is 60.5 cm³/mol. The topological polar surface area (TPSA) is 21.3 Å². The molecular formula is C12H25NO. The summed E-state index contributed by atoms with van der Waals surface area (Å²) in [7, 11) is 0. The Balaban J connectivity index is 1.98. The van der Waals surface area contributed by atoms with E-state index < -0.39 is 0 Å². The van der Waals surface area contributed by atoms with Crippen LogP contribution in [0, 0.1) is 11.8 Å². The lowest BCUT2D eigenvalue weighted by atomic mass is 10.1. The van der Waals surface area contributed by atoms with E-state index in [2.05, 4.69) is 26.1 Å². The molecule has 2 heteroatoms. The Kier molecular flexibility index (Phi) is 5.49. The molecule has 1 aliphatic carbocycles. The van der Waals surface area contributed by atoms with E-state index in [1.54, 1.807) is 0 Å². The van der Waals surface area contributed by atoms with Gasteiger partial charge in [0.15, 0.2) is 0 Å². The lowest BCUT2D eigenvalue weighted by molar-refractivity contribution is 0.0888. The zero-order valence-electron chi connectivity index (χ0n) is 9.88. The average molecular weight is 199 g/mol. The van der Waals surface area contributed by atoms with Crippen molar-refractivity contribution in [2.24, 2.45) is 11.8 Å². The van der Waals surface area contributed by atoms with Crippen molar-refractivity contribution >= 4 is 0 Å². The number of rotatable bonds is 8. The highest BCUT2D eigenvalue weighted by Gasteiger charge is 2.21. The molecular weight excluding hydrogens is 174 g/mol. The van der Waals surface area contributed by atoms with E-state index in [-0.39, 0.29) is 0 Å². The van der Waals surface area contributed by atoms with Gasteiger partial charge in [0.2, 0.25) is 0 Å². The van der Waals surface area contributed by atoms with Crippen LogP contribution in [0.4, 0.5) is 0 Å². The van der Waals surface area contributed by atoms with Crippen LogP contribution in [0.25, 0.3) is 0 Å². The van der Waals surface area contributed by atoms with Gasteiger partial charge in [0, 0.05) is 19.2 Å². The third-order valence-electron chi connectivity index (χ3n) is 2.80. The maximum atomic E-state index is 5.70. The first kappa shape index (κ1) is 12.0. The average Bonchev–Trinajstić information content (AvgIpc) is 2.94. The van der Waals surface area contributed by atoms with Crippen LogP contribution in [0.15, 0.2) is 0 Å². The maximum absolute atomic E-state index is 5.70. The molecule has 0 heterocycles. The molecule has 0 bridgehead atoms. The van der Waals surface area contributed by atoms with Crippen molar-refractivity contribution in [1.29, 1.82) is 0 Å². The second-order valence-electron chi connectivity index (χ2n) is 4.82. The highest BCUT2D eigenvalue weighted by Crippen LogP contribution is 2.28. The van der Waals surface area contributed by atoms with E-state index in [0.717, 1.165) is 25.7 Å². The summed E-state index contributed by atoms with van der Waals surface area (Å²) >= 11 is 0. The Hall–Kier alpha value is -0.0800. The second-order valence-corrected chi connectivity index (χ2v) is 4.82. The summed E-state index contributed by atoms with van der Waals surface area (Å²) in [5.41, 5.74) is 0. The predicted octanol–water partition coefficient (Wildman–Crippen LogP) is 2.44. The minimum absolute atomic E-state index is 0.590. The Morgan fingerprint density at radius 2 is 2.07 bits per heavy atom. The largest absolute Gasteiger partial charge is 0.381 e. The van der Waals surface area contributed by atoms with E-state index in [1.165, 1.54) is 19.3 Å². The number of ether oxygens (including phenoxy) is 1. The van der Waals surface area contributed by atoms with Gasteiger partial charge in [-0.1, -0.05) is 20.8 Å². The van der Waals surface area contributed by atoms with Gasteiger partial charge in [0.1, 0.15) is 0 Å². The van der Waals surface area contributed by atoms with Gasteiger partial charge in [-0.05, 0) is 31.1 Å². The lowest BCUT2D eigenvalue weighted by Gasteiger charge is -2.17. The molecule has 0 saturated heterocycles. The van der Waals surface area contributed by atoms with Crippen LogP contribution in [0.5, 0.6) is 0 Å². The van der Waals surface area contributed by atoms with Gasteiger partial charge < -0.3 is 10.1 Å². The molecule has 0 aromatic carbocycles. The van der Waals surface area contributed by atoms with Crippen molar-refractivity contribution in [2.75, 3.05) is 19.8 Å². The van der Waals surface area contributed by atoms with E-state index in [1.807, 2.05) is 0 Å². The first-order valence-electron chi connectivity index (χ1n) is 6.03. The maximum Gasteiger partial charge on any atom is 0.0506 e. The first-order valence-corrected chi connectivity index (χ1v) is 6.03. The van der Waals surface area contributed by atoms with Gasteiger partial charge in [-0.15, -0.1) is 0 Å². The van der Waals surface area contributed by atoms with E-state index in [4.69, 9.17) is 4.74 Å². The Morgan fingerprint density at radius 1 is 1.36 bits per heavy atom. The standard InChI is InChI=1S/C12H25NO/c1-4-11(7-13-10(2)3)8-14-9-12-5-6-12/h10-13H,4-9H2,1-3H3. The fourth-order valence-electron chi connectivity index (χ4n) is 1.41. The van der Waals surface area contributed by atoms with Crippen LogP contribution < -0.4 is 5.32 Å². The fourth-order valence-corrected chi connectivity index (χ4v) is 1.41. The van der Waals surface area contributed by atoms with Crippen LogP contribution in [-0.2, 0) is 4.74 Å². The molecule has 1 saturated carbocycles. The van der Waals surface area contributed by atoms with Crippen LogP contribution in [0.1, 0.15) is 40.0 Å². The smallest absolute Gasteiger partial charge is 0.0506 e. The Labute approximate surface area is 88.4 Å². The molecule has 0 spiro atoms. The molecule has 1 fully saturated rings. The molecule has 1 atom stereocenters. The summed E-state index contributed by atoms with van der Waals surface area (Å²) in [5.74, 6) is 1.58. The van der Waals surface area contributed by atoms with Crippen molar-refractivity contribution in [1.82, 2.24) is 5.32 Å². The molecule has 1 unspecified atom stereocenters. The zero-order valence-corrected chi connectivity index (χ0v) is 9.88. The monoisotopic (exact) mass is 199 g/mol. The Bertz CT molecular complexity index is 143. The molecule has 2 nitrogen and oxygen atoms in total. The summed E-state index contributed by atoms with van der Waals surface area (Å²) in [6.45, 7) is 9.66. The van der Waals surface area contributed by atoms with Crippen molar-refractivity contribution in [3.8, 4) is 0 Å². The fraction of sp³-hybridized carbons (Fsp3) is 1.00. The van der Waals surface area contributed by atoms with Gasteiger partial charge >= 0.3 is 0 Å². The lowest BCUT2D eigenvalue weighted by Crippen LogP contribution is -2.31. The molecule has 84 valence electrons. The summed E-state index contributed by atoms with van der Waals surface area (Å²) in [5, 5.41) is 3.47. The molecule has 0 aromatic heterocycles. The third-order valence-corrected chi connectivity index (χ3v) is 2.80. The van der Waals surface area contributed by atoms with Crippen molar-refractivity contribution < 1.29 is 4.74 Å². The molecule has 1 N–H and O–H groups in total. The molecule has 14 heavy (non-hydrogen) atoms. The normalized spacial score (nSPS) is 18.9. The Morgan fingerprint density at radius 3 is 2.57 bits per heavy atom. The minimum atomic E-state index is 0.590. The second kappa shape index (κ2) is 6.41. The first-order chi connectivity index (χ1) is 6.72. The molecule has 0 radical (unpaired) electrons. The van der Waals surface area contributed by atoms with Crippen molar-refractivity contribution in [3.05, 3.63) is 0 Å². The van der Waals surface area contributed by atoms with E-state index in [0.29, 0.717) is 12.0 Å². The zero-order chi connectivity index (χ0) is 10.4. The number of nitrogens with one attached hydrogen (secondary N) is 1. The van der Waals surface area contributed by atoms with Crippen LogP contribution >= 0.6 is 0 Å². The van der Waals surface area contributed by atoms with Gasteiger partial charge in [-0.25, -0.2) is 0 Å². The minimum Gasteiger partial charge on any atom is -0.381 e. The van der Waals surface area contributed by atoms with Crippen LogP contribution in [0.3, 0.4) is 0 Å². The highest BCUT2D eigenvalue weighted by molar-refractivity contribution is 4.72. The molecule has 1 aliphatic rings. The van der Waals surface area contributed by atoms with Gasteiger partial charge in [0.25, 0.3) is 0 Å². The summed E-state index contributed by atoms with van der Waals surface area (Å²) in [4.78, 5) is 0. The van der Waals surface area contributed by atoms with Crippen LogP contribution in [0.2, 0.25) is 0 Å². The van der Waals surface area contributed by atoms with Crippen LogP contribution in [-0.4, -0.2) is 25.8 Å². The third kappa shape index (κ3) is 5.61.